The van der Waals surface area contributed by atoms with Crippen LogP contribution in [0.25, 0.3) is 6.08 Å². The molecule has 1 aromatic rings. The predicted molar refractivity (Wildman–Crippen MR) is 61.3 cm³/mol. The molecule has 1 saturated carbocycles. The maximum atomic E-state index is 11.6. The molecular formula is C12H15N3O. The van der Waals surface area contributed by atoms with Crippen LogP contribution in [0.1, 0.15) is 24.1 Å². The van der Waals surface area contributed by atoms with Crippen molar-refractivity contribution < 1.29 is 4.79 Å². The van der Waals surface area contributed by atoms with Crippen molar-refractivity contribution in [1.29, 1.82) is 0 Å². The number of carbonyl (C=O) groups excluding carboxylic acids is 1. The maximum Gasteiger partial charge on any atom is 0.250 e. The molecule has 0 N–H and O–H groups in total. The number of rotatable bonds is 2. The van der Waals surface area contributed by atoms with Gasteiger partial charge in [-0.1, -0.05) is 6.58 Å². The molecule has 16 heavy (non-hydrogen) atoms. The molecular weight excluding hydrogens is 202 g/mol. The molecule has 1 aliphatic rings. The van der Waals surface area contributed by atoms with Gasteiger partial charge in [0.05, 0.1) is 5.69 Å². The van der Waals surface area contributed by atoms with Crippen molar-refractivity contribution >= 4 is 12.0 Å². The first-order valence-electron chi connectivity index (χ1n) is 5.38. The van der Waals surface area contributed by atoms with Crippen LogP contribution in [-0.2, 0) is 11.8 Å². The first-order valence-corrected chi connectivity index (χ1v) is 5.38. The fourth-order valence-corrected chi connectivity index (χ4v) is 1.49. The molecule has 0 aliphatic heterocycles. The number of nitrogens with zero attached hydrogens (tertiary/aromatic N) is 3. The summed E-state index contributed by atoms with van der Waals surface area (Å²) in [6.45, 7) is 5.62. The van der Waals surface area contributed by atoms with Crippen LogP contribution < -0.4 is 5.49 Å². The van der Waals surface area contributed by atoms with E-state index >= 15 is 0 Å². The van der Waals surface area contributed by atoms with Crippen LogP contribution >= 0.6 is 0 Å². The van der Waals surface area contributed by atoms with E-state index in [0.29, 0.717) is 5.49 Å². The van der Waals surface area contributed by atoms with E-state index < -0.39 is 0 Å². The van der Waals surface area contributed by atoms with E-state index in [-0.39, 0.29) is 11.8 Å². The fourth-order valence-electron chi connectivity index (χ4n) is 1.49. The van der Waals surface area contributed by atoms with E-state index in [1.807, 2.05) is 13.0 Å². The highest BCUT2D eigenvalue weighted by atomic mass is 16.1. The Morgan fingerprint density at radius 1 is 1.69 bits per heavy atom. The molecule has 1 fully saturated rings. The average molecular weight is 217 g/mol. The van der Waals surface area contributed by atoms with Crippen LogP contribution in [0.2, 0.25) is 0 Å². The Balaban J connectivity index is 2.44. The molecule has 0 radical (unpaired) electrons. The van der Waals surface area contributed by atoms with Gasteiger partial charge >= 0.3 is 0 Å². The lowest BCUT2D eigenvalue weighted by atomic mass is 10.2. The van der Waals surface area contributed by atoms with Gasteiger partial charge in [-0.25, -0.2) is 0 Å². The lowest BCUT2D eigenvalue weighted by Crippen LogP contribution is -2.23. The molecule has 1 heterocycles. The molecule has 84 valence electrons. The highest BCUT2D eigenvalue weighted by Gasteiger charge is 2.29. The first-order chi connectivity index (χ1) is 7.61. The van der Waals surface area contributed by atoms with E-state index in [0.717, 1.165) is 24.1 Å². The first kappa shape index (κ1) is 10.8. The van der Waals surface area contributed by atoms with Gasteiger partial charge in [-0.2, -0.15) is 10.1 Å². The Labute approximate surface area is 94.3 Å². The molecule has 0 atom stereocenters. The van der Waals surface area contributed by atoms with Crippen LogP contribution in [0.15, 0.2) is 17.6 Å². The number of hydrogen-bond acceptors (Lipinski definition) is 2. The number of carbonyl (C=O) groups is 1. The molecule has 4 heteroatoms. The summed E-state index contributed by atoms with van der Waals surface area (Å²) in [6, 6.07) is 1.87. The smallest absolute Gasteiger partial charge is 0.250 e. The minimum atomic E-state index is -0.0249. The minimum absolute atomic E-state index is 0.0249. The zero-order valence-electron chi connectivity index (χ0n) is 9.60. The van der Waals surface area contributed by atoms with Crippen molar-refractivity contribution in [3.8, 4) is 0 Å². The molecule has 4 nitrogen and oxygen atoms in total. The summed E-state index contributed by atoms with van der Waals surface area (Å²) in [5.74, 6) is 0.127. The molecule has 0 saturated heterocycles. The topological polar surface area (TPSA) is 47.2 Å². The number of aromatic nitrogens is 2. The van der Waals surface area contributed by atoms with Gasteiger partial charge in [-0.15, -0.1) is 0 Å². The third kappa shape index (κ3) is 2.10. The minimum Gasteiger partial charge on any atom is -0.272 e. The third-order valence-corrected chi connectivity index (χ3v) is 2.68. The predicted octanol–water partition coefficient (Wildman–Crippen LogP) is 1.21. The quantitative estimate of drug-likeness (QED) is 0.747. The average Bonchev–Trinajstić information content (AvgIpc) is 3.06. The summed E-state index contributed by atoms with van der Waals surface area (Å²) in [5.41, 5.74) is 2.41. The molecule has 0 unspecified atom stereocenters. The molecule has 0 bridgehead atoms. The second kappa shape index (κ2) is 4.04. The van der Waals surface area contributed by atoms with Crippen molar-refractivity contribution in [3.05, 3.63) is 29.4 Å². The van der Waals surface area contributed by atoms with Gasteiger partial charge in [0.25, 0.3) is 5.91 Å². The van der Waals surface area contributed by atoms with Gasteiger partial charge in [-0.05, 0) is 37.5 Å². The van der Waals surface area contributed by atoms with Crippen LogP contribution in [0, 0.1) is 12.8 Å². The summed E-state index contributed by atoms with van der Waals surface area (Å²) < 4.78 is 1.62. The van der Waals surface area contributed by atoms with Crippen LogP contribution in [0.4, 0.5) is 0 Å². The second-order valence-electron chi connectivity index (χ2n) is 4.12. The number of aryl methyl sites for hydroxylation is 2. The van der Waals surface area contributed by atoms with Crippen LogP contribution in [0.3, 0.4) is 0 Å². The van der Waals surface area contributed by atoms with Crippen molar-refractivity contribution in [3.63, 3.8) is 0 Å². The highest BCUT2D eigenvalue weighted by Crippen LogP contribution is 2.29. The van der Waals surface area contributed by atoms with Crippen molar-refractivity contribution in [2.45, 2.75) is 19.8 Å². The Hall–Kier alpha value is -1.71. The zero-order valence-corrected chi connectivity index (χ0v) is 9.60. The van der Waals surface area contributed by atoms with Gasteiger partial charge in [0.2, 0.25) is 0 Å². The lowest BCUT2D eigenvalue weighted by molar-refractivity contribution is -0.119. The zero-order chi connectivity index (χ0) is 11.7. The Kier molecular flexibility index (Phi) is 2.73. The van der Waals surface area contributed by atoms with Gasteiger partial charge in [0.15, 0.2) is 5.49 Å². The molecule has 1 aromatic heterocycles. The summed E-state index contributed by atoms with van der Waals surface area (Å²) >= 11 is 0. The summed E-state index contributed by atoms with van der Waals surface area (Å²) in [7, 11) is 1.78. The van der Waals surface area contributed by atoms with Crippen molar-refractivity contribution in [2.75, 3.05) is 0 Å². The standard InChI is InChI=1S/C12H15N3O/c1-4-10-8(2)7-11(15(3)14-10)13-12(16)9-5-6-9/h4,7,9H,1,5-6H2,2-3H3. The summed E-state index contributed by atoms with van der Waals surface area (Å²) in [6.07, 6.45) is 3.65. The van der Waals surface area contributed by atoms with E-state index in [9.17, 15) is 4.79 Å². The van der Waals surface area contributed by atoms with Crippen LogP contribution in [0.5, 0.6) is 0 Å². The van der Waals surface area contributed by atoms with E-state index in [4.69, 9.17) is 0 Å². The normalized spacial score (nSPS) is 16.2. The molecule has 0 aromatic carbocycles. The SMILES string of the molecule is C=Cc1nn(C)c(=NC(=O)C2CC2)cc1C. The van der Waals surface area contributed by atoms with Gasteiger partial charge < -0.3 is 0 Å². The van der Waals surface area contributed by atoms with E-state index in [2.05, 4.69) is 16.7 Å². The number of hydrogen-bond donors (Lipinski definition) is 0. The monoisotopic (exact) mass is 217 g/mol. The number of amides is 1. The molecule has 1 aliphatic carbocycles. The van der Waals surface area contributed by atoms with Gasteiger partial charge in [0.1, 0.15) is 0 Å². The highest BCUT2D eigenvalue weighted by molar-refractivity contribution is 5.81. The van der Waals surface area contributed by atoms with Crippen molar-refractivity contribution in [1.82, 2.24) is 9.78 Å². The molecule has 2 rings (SSSR count). The summed E-state index contributed by atoms with van der Waals surface area (Å²) in [4.78, 5) is 15.6. The second-order valence-corrected chi connectivity index (χ2v) is 4.12. The third-order valence-electron chi connectivity index (χ3n) is 2.68. The van der Waals surface area contributed by atoms with E-state index in [1.165, 1.54) is 0 Å². The fraction of sp³-hybridized carbons (Fsp3) is 0.417. The summed E-state index contributed by atoms with van der Waals surface area (Å²) in [5, 5.41) is 4.28. The van der Waals surface area contributed by atoms with Crippen molar-refractivity contribution in [2.24, 2.45) is 18.0 Å². The lowest BCUT2D eigenvalue weighted by Gasteiger charge is -2.03. The van der Waals surface area contributed by atoms with E-state index in [1.54, 1.807) is 17.8 Å². The van der Waals surface area contributed by atoms with Gasteiger partial charge in [0, 0.05) is 13.0 Å². The van der Waals surface area contributed by atoms with Gasteiger partial charge in [-0.3, -0.25) is 9.48 Å². The van der Waals surface area contributed by atoms with Crippen LogP contribution in [-0.4, -0.2) is 15.7 Å². The largest absolute Gasteiger partial charge is 0.272 e. The molecule has 1 amide bonds. The molecule has 0 spiro atoms. The Morgan fingerprint density at radius 2 is 2.38 bits per heavy atom. The Bertz CT molecular complexity index is 509. The maximum absolute atomic E-state index is 11.6. The Morgan fingerprint density at radius 3 is 2.94 bits per heavy atom.